The van der Waals surface area contributed by atoms with E-state index < -0.39 is 13.0 Å². The summed E-state index contributed by atoms with van der Waals surface area (Å²) in [5.74, 6) is 0.473. The summed E-state index contributed by atoms with van der Waals surface area (Å²) in [5, 5.41) is 17.9. The number of hydrogen-bond acceptors (Lipinski definition) is 4. The molecule has 1 N–H and O–H groups in total. The number of nitriles is 1. The van der Waals surface area contributed by atoms with E-state index in [1.165, 1.54) is 24.1 Å². The van der Waals surface area contributed by atoms with E-state index in [2.05, 4.69) is 0 Å². The molecule has 6 heteroatoms. The quantitative estimate of drug-likeness (QED) is 0.840. The molecule has 0 spiro atoms. The van der Waals surface area contributed by atoms with E-state index in [4.69, 9.17) is 15.1 Å². The number of halogens is 2. The Balaban J connectivity index is 3.11. The fraction of sp³-hybridized carbons (Fsp3) is 0.417. The number of aliphatic hydroxyl groups excluding tert-OH is 1. The number of ether oxygens (including phenoxy) is 1. The lowest BCUT2D eigenvalue weighted by molar-refractivity contribution is 0.152. The van der Waals surface area contributed by atoms with Gasteiger partial charge in [0.1, 0.15) is 11.8 Å². The van der Waals surface area contributed by atoms with Gasteiger partial charge in [-0.15, -0.1) is 0 Å². The molecule has 0 saturated heterocycles. The monoisotopic (exact) mass is 256 g/mol. The fourth-order valence-corrected chi connectivity index (χ4v) is 1.59. The zero-order valence-corrected chi connectivity index (χ0v) is 9.94. The highest BCUT2D eigenvalue weighted by atomic mass is 19.3. The average molecular weight is 256 g/mol. The fourth-order valence-electron chi connectivity index (χ4n) is 1.59. The molecule has 18 heavy (non-hydrogen) atoms. The Kier molecular flexibility index (Phi) is 5.33. The SMILES string of the molecule is COc1ccc(C#N)c(N(CCO)CC(F)F)c1. The van der Waals surface area contributed by atoms with Crippen molar-refractivity contribution in [2.24, 2.45) is 0 Å². The number of aliphatic hydroxyl groups is 1. The Morgan fingerprint density at radius 3 is 2.72 bits per heavy atom. The summed E-state index contributed by atoms with van der Waals surface area (Å²) in [6.45, 7) is -0.774. The number of nitrogens with zero attached hydrogens (tertiary/aromatic N) is 2. The van der Waals surface area contributed by atoms with Crippen molar-refractivity contribution >= 4 is 5.69 Å². The Morgan fingerprint density at radius 2 is 2.22 bits per heavy atom. The van der Waals surface area contributed by atoms with Crippen LogP contribution in [0.3, 0.4) is 0 Å². The van der Waals surface area contributed by atoms with Crippen molar-refractivity contribution in [3.63, 3.8) is 0 Å². The van der Waals surface area contributed by atoms with E-state index >= 15 is 0 Å². The maximum absolute atomic E-state index is 12.5. The van der Waals surface area contributed by atoms with Crippen LogP contribution in [0, 0.1) is 11.3 Å². The maximum Gasteiger partial charge on any atom is 0.255 e. The third-order valence-corrected chi connectivity index (χ3v) is 2.39. The predicted octanol–water partition coefficient (Wildman–Crippen LogP) is 1.63. The molecule has 0 aromatic heterocycles. The van der Waals surface area contributed by atoms with Gasteiger partial charge in [-0.2, -0.15) is 5.26 Å². The Bertz CT molecular complexity index is 433. The third-order valence-electron chi connectivity index (χ3n) is 2.39. The minimum atomic E-state index is -2.55. The van der Waals surface area contributed by atoms with Gasteiger partial charge in [0.05, 0.1) is 31.5 Å². The largest absolute Gasteiger partial charge is 0.497 e. The standard InChI is InChI=1S/C12H14F2N2O2/c1-18-10-3-2-9(7-15)11(6-10)16(4-5-17)8-12(13)14/h2-3,6,12,17H,4-5,8H2,1H3. The first-order valence-corrected chi connectivity index (χ1v) is 5.34. The third kappa shape index (κ3) is 3.57. The molecular weight excluding hydrogens is 242 g/mol. The van der Waals surface area contributed by atoms with Gasteiger partial charge >= 0.3 is 0 Å². The first-order chi connectivity index (χ1) is 8.62. The number of alkyl halides is 2. The summed E-state index contributed by atoms with van der Waals surface area (Å²) in [4.78, 5) is 1.27. The molecule has 1 aromatic rings. The van der Waals surface area contributed by atoms with Crippen molar-refractivity contribution in [1.82, 2.24) is 0 Å². The first kappa shape index (κ1) is 14.2. The maximum atomic E-state index is 12.5. The second-order valence-corrected chi connectivity index (χ2v) is 3.56. The summed E-state index contributed by atoms with van der Waals surface area (Å²) in [7, 11) is 1.45. The summed E-state index contributed by atoms with van der Waals surface area (Å²) < 4.78 is 30.0. The molecule has 0 aliphatic carbocycles. The van der Waals surface area contributed by atoms with E-state index in [1.807, 2.05) is 6.07 Å². The van der Waals surface area contributed by atoms with Crippen LogP contribution in [0.15, 0.2) is 18.2 Å². The molecule has 4 nitrogen and oxygen atoms in total. The molecule has 0 saturated carbocycles. The molecule has 0 heterocycles. The number of anilines is 1. The Hall–Kier alpha value is -1.87. The van der Waals surface area contributed by atoms with Gasteiger partial charge in [0.2, 0.25) is 0 Å². The smallest absolute Gasteiger partial charge is 0.255 e. The van der Waals surface area contributed by atoms with Crippen molar-refractivity contribution in [1.29, 1.82) is 5.26 Å². The summed E-state index contributed by atoms with van der Waals surface area (Å²) >= 11 is 0. The van der Waals surface area contributed by atoms with Crippen LogP contribution >= 0.6 is 0 Å². The first-order valence-electron chi connectivity index (χ1n) is 5.34. The van der Waals surface area contributed by atoms with E-state index in [-0.39, 0.29) is 18.7 Å². The molecule has 0 fully saturated rings. The van der Waals surface area contributed by atoms with Gasteiger partial charge in [-0.25, -0.2) is 8.78 Å². The van der Waals surface area contributed by atoms with Crippen LogP contribution in [0.2, 0.25) is 0 Å². The zero-order valence-electron chi connectivity index (χ0n) is 9.94. The molecule has 0 unspecified atom stereocenters. The molecule has 0 atom stereocenters. The van der Waals surface area contributed by atoms with Gasteiger partial charge < -0.3 is 14.7 Å². The van der Waals surface area contributed by atoms with E-state index in [1.54, 1.807) is 6.07 Å². The Labute approximate surface area is 104 Å². The second kappa shape index (κ2) is 6.77. The van der Waals surface area contributed by atoms with Crippen LogP contribution in [0.25, 0.3) is 0 Å². The lowest BCUT2D eigenvalue weighted by Gasteiger charge is -2.24. The van der Waals surface area contributed by atoms with Crippen LogP contribution < -0.4 is 9.64 Å². The minimum absolute atomic E-state index is 0.0339. The molecule has 0 bridgehead atoms. The van der Waals surface area contributed by atoms with Crippen molar-refractivity contribution < 1.29 is 18.6 Å². The van der Waals surface area contributed by atoms with Gasteiger partial charge in [0.25, 0.3) is 6.43 Å². The van der Waals surface area contributed by atoms with Crippen LogP contribution in [0.5, 0.6) is 5.75 Å². The van der Waals surface area contributed by atoms with Crippen molar-refractivity contribution in [2.75, 3.05) is 31.7 Å². The molecule has 98 valence electrons. The number of benzene rings is 1. The second-order valence-electron chi connectivity index (χ2n) is 3.56. The van der Waals surface area contributed by atoms with Crippen LogP contribution in [0.4, 0.5) is 14.5 Å². The molecule has 1 rings (SSSR count). The number of hydrogen-bond donors (Lipinski definition) is 1. The van der Waals surface area contributed by atoms with Gasteiger partial charge in [-0.3, -0.25) is 0 Å². The predicted molar refractivity (Wildman–Crippen MR) is 63.0 cm³/mol. The zero-order chi connectivity index (χ0) is 13.5. The normalized spacial score (nSPS) is 10.2. The van der Waals surface area contributed by atoms with Crippen LogP contribution in [-0.4, -0.2) is 38.3 Å². The molecule has 1 aromatic carbocycles. The van der Waals surface area contributed by atoms with Gasteiger partial charge in [-0.1, -0.05) is 0 Å². The van der Waals surface area contributed by atoms with E-state index in [0.29, 0.717) is 11.4 Å². The lowest BCUT2D eigenvalue weighted by Crippen LogP contribution is -2.32. The van der Waals surface area contributed by atoms with Crippen LogP contribution in [-0.2, 0) is 0 Å². The van der Waals surface area contributed by atoms with Gasteiger partial charge in [0, 0.05) is 12.6 Å². The molecular formula is C12H14F2N2O2. The van der Waals surface area contributed by atoms with Crippen molar-refractivity contribution in [3.05, 3.63) is 23.8 Å². The highest BCUT2D eigenvalue weighted by Crippen LogP contribution is 2.26. The van der Waals surface area contributed by atoms with E-state index in [9.17, 15) is 8.78 Å². The lowest BCUT2D eigenvalue weighted by atomic mass is 10.1. The Morgan fingerprint density at radius 1 is 1.50 bits per heavy atom. The molecule has 0 radical (unpaired) electrons. The summed E-state index contributed by atoms with van der Waals surface area (Å²) in [5.41, 5.74) is 0.608. The molecule has 0 aliphatic heterocycles. The van der Waals surface area contributed by atoms with Gasteiger partial charge in [0.15, 0.2) is 0 Å². The van der Waals surface area contributed by atoms with E-state index in [0.717, 1.165) is 0 Å². The average Bonchev–Trinajstić information content (AvgIpc) is 2.37. The van der Waals surface area contributed by atoms with Crippen LogP contribution in [0.1, 0.15) is 5.56 Å². The highest BCUT2D eigenvalue weighted by Gasteiger charge is 2.16. The molecule has 0 amide bonds. The topological polar surface area (TPSA) is 56.5 Å². The number of methoxy groups -OCH3 is 1. The summed E-state index contributed by atoms with van der Waals surface area (Å²) in [6.07, 6.45) is -2.55. The van der Waals surface area contributed by atoms with Crippen molar-refractivity contribution in [3.8, 4) is 11.8 Å². The van der Waals surface area contributed by atoms with Gasteiger partial charge in [-0.05, 0) is 12.1 Å². The highest BCUT2D eigenvalue weighted by molar-refractivity contribution is 5.62. The molecule has 0 aliphatic rings. The van der Waals surface area contributed by atoms with Crippen molar-refractivity contribution in [2.45, 2.75) is 6.43 Å². The summed E-state index contributed by atoms with van der Waals surface area (Å²) in [6, 6.07) is 6.53. The minimum Gasteiger partial charge on any atom is -0.497 e. The number of rotatable bonds is 6.